The van der Waals surface area contributed by atoms with E-state index in [0.717, 1.165) is 29.5 Å². The number of aromatic nitrogens is 1. The summed E-state index contributed by atoms with van der Waals surface area (Å²) in [4.78, 5) is 17.7. The van der Waals surface area contributed by atoms with Gasteiger partial charge in [-0.25, -0.2) is 4.98 Å². The average Bonchev–Trinajstić information content (AvgIpc) is 3.28. The number of ketones is 1. The third kappa shape index (κ3) is 3.72. The van der Waals surface area contributed by atoms with Crippen molar-refractivity contribution in [1.82, 2.24) is 4.98 Å². The molecule has 1 unspecified atom stereocenters. The van der Waals surface area contributed by atoms with Crippen LogP contribution in [-0.2, 0) is 6.42 Å². The van der Waals surface area contributed by atoms with E-state index in [1.165, 1.54) is 11.3 Å². The lowest BCUT2D eigenvalue weighted by Gasteiger charge is -2.12. The van der Waals surface area contributed by atoms with Gasteiger partial charge in [0.1, 0.15) is 5.01 Å². The predicted octanol–water partition coefficient (Wildman–Crippen LogP) is 5.28. The predicted molar refractivity (Wildman–Crippen MR) is 117 cm³/mol. The van der Waals surface area contributed by atoms with E-state index >= 15 is 0 Å². The summed E-state index contributed by atoms with van der Waals surface area (Å²) in [5.74, 6) is 0.0775. The number of benzene rings is 2. The maximum atomic E-state index is 13.1. The van der Waals surface area contributed by atoms with Crippen LogP contribution < -0.4 is 9.47 Å². The molecule has 5 nitrogen and oxygen atoms in total. The van der Waals surface area contributed by atoms with Crippen molar-refractivity contribution in [2.24, 2.45) is 0 Å². The number of nitriles is 1. The molecule has 0 saturated heterocycles. The summed E-state index contributed by atoms with van der Waals surface area (Å²) in [5, 5.41) is 12.1. The monoisotopic (exact) mass is 416 g/mol. The number of allylic oxidation sites excluding steroid dienone is 1. The largest absolute Gasteiger partial charge is 0.493 e. The fraction of sp³-hybridized carbons (Fsp3) is 0.208. The van der Waals surface area contributed by atoms with Gasteiger partial charge >= 0.3 is 0 Å². The van der Waals surface area contributed by atoms with Crippen LogP contribution in [0.2, 0.25) is 0 Å². The number of rotatable bonds is 6. The minimum Gasteiger partial charge on any atom is -0.493 e. The average molecular weight is 417 g/mol. The second-order valence-corrected chi connectivity index (χ2v) is 7.81. The normalized spacial score (nSPS) is 13.2. The van der Waals surface area contributed by atoms with Gasteiger partial charge in [-0.3, -0.25) is 4.79 Å². The molecule has 3 aromatic rings. The molecule has 0 bridgehead atoms. The van der Waals surface area contributed by atoms with Crippen LogP contribution >= 0.6 is 11.3 Å². The van der Waals surface area contributed by atoms with Crippen molar-refractivity contribution in [2.45, 2.75) is 18.8 Å². The number of Topliss-reactive ketones (excluding diaryl/α,β-unsaturated/α-hetero) is 1. The van der Waals surface area contributed by atoms with Crippen LogP contribution in [0.15, 0.2) is 47.9 Å². The Kier molecular flexibility index (Phi) is 5.64. The minimum absolute atomic E-state index is 0.219. The number of fused-ring (bicyclic) bond motifs is 1. The molecule has 0 fully saturated rings. The van der Waals surface area contributed by atoms with Gasteiger partial charge in [0, 0.05) is 16.5 Å². The topological polar surface area (TPSA) is 72.2 Å². The molecule has 0 spiro atoms. The number of aryl methyl sites for hydroxylation is 1. The lowest BCUT2D eigenvalue weighted by atomic mass is 9.91. The molecular weight excluding hydrogens is 396 g/mol. The van der Waals surface area contributed by atoms with Crippen molar-refractivity contribution in [3.63, 3.8) is 0 Å². The van der Waals surface area contributed by atoms with Crippen LogP contribution in [0.3, 0.4) is 0 Å². The first-order chi connectivity index (χ1) is 14.6. The second-order valence-electron chi connectivity index (χ2n) is 6.92. The highest BCUT2D eigenvalue weighted by Crippen LogP contribution is 2.34. The van der Waals surface area contributed by atoms with Gasteiger partial charge in [-0.05, 0) is 48.2 Å². The Balaban J connectivity index is 1.62. The van der Waals surface area contributed by atoms with Crippen molar-refractivity contribution in [2.75, 3.05) is 14.2 Å². The van der Waals surface area contributed by atoms with E-state index in [1.807, 2.05) is 35.7 Å². The summed E-state index contributed by atoms with van der Waals surface area (Å²) in [6, 6.07) is 13.3. The Labute approximate surface area is 179 Å². The number of carbonyl (C=O) groups excluding carboxylic acids is 1. The molecule has 1 atom stereocenters. The van der Waals surface area contributed by atoms with Crippen molar-refractivity contribution in [3.8, 4) is 28.8 Å². The number of hydrogen-bond acceptors (Lipinski definition) is 6. The van der Waals surface area contributed by atoms with E-state index in [1.54, 1.807) is 20.3 Å². The molecule has 0 amide bonds. The Morgan fingerprint density at radius 1 is 1.17 bits per heavy atom. The first-order valence-electron chi connectivity index (χ1n) is 9.55. The lowest BCUT2D eigenvalue weighted by Crippen LogP contribution is -2.12. The second kappa shape index (κ2) is 8.52. The van der Waals surface area contributed by atoms with Crippen LogP contribution in [0.1, 0.15) is 38.8 Å². The number of carbonyl (C=O) groups is 1. The third-order valence-corrected chi connectivity index (χ3v) is 6.05. The number of ether oxygens (including phenoxy) is 2. The minimum atomic E-state index is -0.930. The highest BCUT2D eigenvalue weighted by molar-refractivity contribution is 7.10. The van der Waals surface area contributed by atoms with Crippen molar-refractivity contribution in [3.05, 3.63) is 69.6 Å². The highest BCUT2D eigenvalue weighted by Gasteiger charge is 2.26. The van der Waals surface area contributed by atoms with Crippen LogP contribution in [-0.4, -0.2) is 25.0 Å². The molecule has 6 heteroatoms. The van der Waals surface area contributed by atoms with E-state index in [-0.39, 0.29) is 5.78 Å². The number of nitrogens with zero attached hydrogens (tertiary/aromatic N) is 2. The Morgan fingerprint density at radius 3 is 2.77 bits per heavy atom. The Hall–Kier alpha value is -3.43. The van der Waals surface area contributed by atoms with Crippen molar-refractivity contribution >= 4 is 23.2 Å². The maximum Gasteiger partial charge on any atom is 0.186 e. The number of hydrogen-bond donors (Lipinski definition) is 0. The first-order valence-corrected chi connectivity index (χ1v) is 10.4. The molecule has 4 rings (SSSR count). The zero-order chi connectivity index (χ0) is 21.1. The fourth-order valence-electron chi connectivity index (χ4n) is 3.53. The van der Waals surface area contributed by atoms with E-state index in [0.29, 0.717) is 27.8 Å². The van der Waals surface area contributed by atoms with Gasteiger partial charge in [0.05, 0.1) is 26.0 Å². The van der Waals surface area contributed by atoms with E-state index in [2.05, 4.69) is 23.2 Å². The summed E-state index contributed by atoms with van der Waals surface area (Å²) in [6.45, 7) is 0. The fourth-order valence-corrected chi connectivity index (χ4v) is 4.40. The molecule has 1 aromatic heterocycles. The van der Waals surface area contributed by atoms with Crippen LogP contribution in [0.4, 0.5) is 0 Å². The molecule has 0 radical (unpaired) electrons. The van der Waals surface area contributed by atoms with Crippen molar-refractivity contribution in [1.29, 1.82) is 5.26 Å². The molecule has 1 aliphatic rings. The van der Waals surface area contributed by atoms with Gasteiger partial charge in [0.2, 0.25) is 0 Å². The molecule has 0 N–H and O–H groups in total. The van der Waals surface area contributed by atoms with Gasteiger partial charge < -0.3 is 9.47 Å². The Morgan fingerprint density at radius 2 is 2.00 bits per heavy atom. The smallest absolute Gasteiger partial charge is 0.186 e. The zero-order valence-electron chi connectivity index (χ0n) is 16.7. The van der Waals surface area contributed by atoms with E-state index < -0.39 is 5.92 Å². The summed E-state index contributed by atoms with van der Waals surface area (Å²) >= 11 is 1.31. The maximum absolute atomic E-state index is 13.1. The van der Waals surface area contributed by atoms with Gasteiger partial charge in [0.25, 0.3) is 0 Å². The Bertz CT molecular complexity index is 1170. The molecule has 0 aliphatic heterocycles. The molecule has 30 heavy (non-hydrogen) atoms. The van der Waals surface area contributed by atoms with Gasteiger partial charge in [-0.15, -0.1) is 11.3 Å². The molecule has 1 aliphatic carbocycles. The quantitative estimate of drug-likeness (QED) is 0.512. The molecule has 150 valence electrons. The summed E-state index contributed by atoms with van der Waals surface area (Å²) in [5.41, 5.74) is 4.36. The van der Waals surface area contributed by atoms with E-state index in [9.17, 15) is 10.1 Å². The van der Waals surface area contributed by atoms with Gasteiger partial charge in [-0.1, -0.05) is 24.3 Å². The van der Waals surface area contributed by atoms with Crippen LogP contribution in [0.5, 0.6) is 11.5 Å². The van der Waals surface area contributed by atoms with Crippen LogP contribution in [0.25, 0.3) is 17.3 Å². The molecule has 2 aromatic carbocycles. The summed E-state index contributed by atoms with van der Waals surface area (Å²) in [7, 11) is 3.16. The zero-order valence-corrected chi connectivity index (χ0v) is 17.5. The summed E-state index contributed by atoms with van der Waals surface area (Å²) < 4.78 is 10.6. The van der Waals surface area contributed by atoms with Gasteiger partial charge in [0.15, 0.2) is 23.2 Å². The standard InChI is InChI=1S/C24H20N2O3S/c1-28-21-10-9-17(12-22(21)29-2)20-14-30-24(26-20)19(13-25)23(27)18-8-7-15-5-3-4-6-16(15)11-18/h3,5,7-12,14,19H,4,6H2,1-2H3. The molecule has 0 saturated carbocycles. The van der Waals surface area contributed by atoms with Crippen LogP contribution in [0, 0.1) is 11.3 Å². The highest BCUT2D eigenvalue weighted by atomic mass is 32.1. The summed E-state index contributed by atoms with van der Waals surface area (Å²) in [6.07, 6.45) is 6.08. The SMILES string of the molecule is COc1ccc(-c2csc(C(C#N)C(=O)c3ccc4c(c3)CCC=C4)n2)cc1OC. The first kappa shape index (κ1) is 19.9. The lowest BCUT2D eigenvalue weighted by molar-refractivity contribution is 0.0978. The number of thiazole rings is 1. The molecular formula is C24H20N2O3S. The van der Waals surface area contributed by atoms with Gasteiger partial charge in [-0.2, -0.15) is 5.26 Å². The molecule has 1 heterocycles. The van der Waals surface area contributed by atoms with E-state index in [4.69, 9.17) is 9.47 Å². The van der Waals surface area contributed by atoms with Crippen molar-refractivity contribution < 1.29 is 14.3 Å². The third-order valence-electron chi connectivity index (χ3n) is 5.14. The number of methoxy groups -OCH3 is 2.